The predicted molar refractivity (Wildman–Crippen MR) is 83.6 cm³/mol. The lowest BCUT2D eigenvalue weighted by atomic mass is 10.2. The van der Waals surface area contributed by atoms with Gasteiger partial charge in [-0.25, -0.2) is 8.42 Å². The molecule has 5 nitrogen and oxygen atoms in total. The van der Waals surface area contributed by atoms with Crippen LogP contribution in [0.1, 0.15) is 11.1 Å². The third-order valence-electron chi connectivity index (χ3n) is 3.02. The second-order valence-corrected chi connectivity index (χ2v) is 6.39. The Labute approximate surface area is 124 Å². The minimum absolute atomic E-state index is 0.0697. The lowest BCUT2D eigenvalue weighted by molar-refractivity contribution is 0.185. The molecule has 6 heteroatoms. The number of rotatable bonds is 5. The average molecular weight is 306 g/mol. The van der Waals surface area contributed by atoms with Gasteiger partial charge in [-0.2, -0.15) is 0 Å². The van der Waals surface area contributed by atoms with Crippen molar-refractivity contribution in [3.63, 3.8) is 0 Å². The Hall–Kier alpha value is -2.05. The molecule has 21 heavy (non-hydrogen) atoms. The predicted octanol–water partition coefficient (Wildman–Crippen LogP) is 2.52. The molecule has 0 heterocycles. The van der Waals surface area contributed by atoms with E-state index in [0.29, 0.717) is 12.3 Å². The molecule has 0 unspecified atom stereocenters. The first-order valence-electron chi connectivity index (χ1n) is 6.40. The minimum Gasteiger partial charge on any atom is -0.398 e. The second kappa shape index (κ2) is 6.15. The zero-order chi connectivity index (χ0) is 15.5. The van der Waals surface area contributed by atoms with Crippen LogP contribution in [0.3, 0.4) is 0 Å². The number of hydrogen-bond acceptors (Lipinski definition) is 4. The fourth-order valence-corrected chi connectivity index (χ4v) is 3.23. The molecule has 2 aromatic carbocycles. The molecule has 0 aliphatic heterocycles. The summed E-state index contributed by atoms with van der Waals surface area (Å²) in [4.78, 5) is 0.0697. The van der Waals surface area contributed by atoms with Gasteiger partial charge in [0.05, 0.1) is 18.0 Å². The maximum atomic E-state index is 12.5. The molecule has 112 valence electrons. The number of benzene rings is 2. The monoisotopic (exact) mass is 306 g/mol. The molecule has 2 rings (SSSR count). The first-order chi connectivity index (χ1) is 9.94. The SMILES string of the molecule is COCc1ccccc1NS(=O)(=O)c1ccc(C)cc1N. The van der Waals surface area contributed by atoms with Crippen LogP contribution in [0.2, 0.25) is 0 Å². The van der Waals surface area contributed by atoms with Crippen LogP contribution in [-0.4, -0.2) is 15.5 Å². The Morgan fingerprint density at radius 2 is 1.90 bits per heavy atom. The van der Waals surface area contributed by atoms with Crippen LogP contribution >= 0.6 is 0 Å². The van der Waals surface area contributed by atoms with E-state index in [2.05, 4.69) is 4.72 Å². The van der Waals surface area contributed by atoms with Gasteiger partial charge >= 0.3 is 0 Å². The first kappa shape index (κ1) is 15.3. The summed E-state index contributed by atoms with van der Waals surface area (Å²) in [5.41, 5.74) is 8.20. The van der Waals surface area contributed by atoms with Crippen molar-refractivity contribution >= 4 is 21.4 Å². The van der Waals surface area contributed by atoms with Crippen LogP contribution < -0.4 is 10.5 Å². The minimum atomic E-state index is -3.73. The van der Waals surface area contributed by atoms with E-state index in [0.717, 1.165) is 11.1 Å². The van der Waals surface area contributed by atoms with Gasteiger partial charge in [0.1, 0.15) is 4.90 Å². The lowest BCUT2D eigenvalue weighted by Crippen LogP contribution is -2.16. The number of anilines is 2. The highest BCUT2D eigenvalue weighted by Crippen LogP contribution is 2.24. The fraction of sp³-hybridized carbons (Fsp3) is 0.200. The third kappa shape index (κ3) is 3.53. The number of nitrogen functional groups attached to an aromatic ring is 1. The molecule has 0 aromatic heterocycles. The van der Waals surface area contributed by atoms with Crippen molar-refractivity contribution in [3.8, 4) is 0 Å². The summed E-state index contributed by atoms with van der Waals surface area (Å²) < 4.78 is 32.5. The van der Waals surface area contributed by atoms with Gasteiger partial charge in [0.2, 0.25) is 0 Å². The van der Waals surface area contributed by atoms with Gasteiger partial charge in [-0.1, -0.05) is 24.3 Å². The Morgan fingerprint density at radius 1 is 1.19 bits per heavy atom. The second-order valence-electron chi connectivity index (χ2n) is 4.74. The summed E-state index contributed by atoms with van der Waals surface area (Å²) in [5.74, 6) is 0. The molecular formula is C15H18N2O3S. The summed E-state index contributed by atoms with van der Waals surface area (Å²) in [7, 11) is -2.17. The van der Waals surface area contributed by atoms with E-state index in [1.165, 1.54) is 6.07 Å². The number of nitrogens with one attached hydrogen (secondary N) is 1. The Balaban J connectivity index is 2.38. The molecule has 0 saturated carbocycles. The molecule has 0 radical (unpaired) electrons. The highest BCUT2D eigenvalue weighted by molar-refractivity contribution is 7.92. The Bertz CT molecular complexity index is 742. The van der Waals surface area contributed by atoms with Crippen LogP contribution in [0.5, 0.6) is 0 Å². The van der Waals surface area contributed by atoms with Crippen LogP contribution in [-0.2, 0) is 21.4 Å². The molecule has 3 N–H and O–H groups in total. The molecule has 0 saturated heterocycles. The van der Waals surface area contributed by atoms with Crippen LogP contribution in [0.4, 0.5) is 11.4 Å². The number of nitrogens with two attached hydrogens (primary N) is 1. The van der Waals surface area contributed by atoms with Gasteiger partial charge < -0.3 is 10.5 Å². The highest BCUT2D eigenvalue weighted by Gasteiger charge is 2.18. The van der Waals surface area contributed by atoms with Crippen LogP contribution in [0, 0.1) is 6.92 Å². The maximum absolute atomic E-state index is 12.5. The number of hydrogen-bond donors (Lipinski definition) is 2. The molecule has 2 aromatic rings. The molecule has 0 atom stereocenters. The summed E-state index contributed by atoms with van der Waals surface area (Å²) >= 11 is 0. The van der Waals surface area contributed by atoms with E-state index >= 15 is 0 Å². The largest absolute Gasteiger partial charge is 0.398 e. The number of para-hydroxylation sites is 1. The van der Waals surface area contributed by atoms with Gasteiger partial charge in [0.25, 0.3) is 10.0 Å². The smallest absolute Gasteiger partial charge is 0.263 e. The normalized spacial score (nSPS) is 11.3. The van der Waals surface area contributed by atoms with E-state index in [-0.39, 0.29) is 10.6 Å². The zero-order valence-electron chi connectivity index (χ0n) is 12.0. The Kier molecular flexibility index (Phi) is 4.50. The summed E-state index contributed by atoms with van der Waals surface area (Å²) in [5, 5.41) is 0. The van der Waals surface area contributed by atoms with Gasteiger partial charge in [0.15, 0.2) is 0 Å². The fourth-order valence-electron chi connectivity index (χ4n) is 2.01. The molecule has 0 amide bonds. The van der Waals surface area contributed by atoms with E-state index in [1.54, 1.807) is 37.4 Å². The van der Waals surface area contributed by atoms with Crippen LogP contribution in [0.15, 0.2) is 47.4 Å². The van der Waals surface area contributed by atoms with E-state index < -0.39 is 10.0 Å². The van der Waals surface area contributed by atoms with Crippen molar-refractivity contribution in [2.75, 3.05) is 17.6 Å². The van der Waals surface area contributed by atoms with Crippen molar-refractivity contribution < 1.29 is 13.2 Å². The standard InChI is InChI=1S/C15H18N2O3S/c1-11-7-8-15(13(16)9-11)21(18,19)17-14-6-4-3-5-12(14)10-20-2/h3-9,17H,10,16H2,1-2H3. The molecule has 0 fully saturated rings. The summed E-state index contributed by atoms with van der Waals surface area (Å²) in [6.45, 7) is 2.18. The van der Waals surface area contributed by atoms with Gasteiger partial charge in [-0.3, -0.25) is 4.72 Å². The van der Waals surface area contributed by atoms with Gasteiger partial charge in [-0.05, 0) is 30.7 Å². The molecule has 0 spiro atoms. The van der Waals surface area contributed by atoms with Crippen molar-refractivity contribution in [1.82, 2.24) is 0 Å². The zero-order valence-corrected chi connectivity index (χ0v) is 12.8. The number of aryl methyl sites for hydroxylation is 1. The maximum Gasteiger partial charge on any atom is 0.263 e. The van der Waals surface area contributed by atoms with E-state index in [9.17, 15) is 8.42 Å². The molecule has 0 bridgehead atoms. The third-order valence-corrected chi connectivity index (χ3v) is 4.46. The van der Waals surface area contributed by atoms with Crippen LogP contribution in [0.25, 0.3) is 0 Å². The van der Waals surface area contributed by atoms with Crippen molar-refractivity contribution in [2.45, 2.75) is 18.4 Å². The quantitative estimate of drug-likeness (QED) is 0.832. The lowest BCUT2D eigenvalue weighted by Gasteiger charge is -2.13. The van der Waals surface area contributed by atoms with E-state index in [4.69, 9.17) is 10.5 Å². The Morgan fingerprint density at radius 3 is 2.57 bits per heavy atom. The van der Waals surface area contributed by atoms with Gasteiger partial charge in [0, 0.05) is 12.7 Å². The van der Waals surface area contributed by atoms with Crippen molar-refractivity contribution in [3.05, 3.63) is 53.6 Å². The summed E-state index contributed by atoms with van der Waals surface area (Å²) in [6.07, 6.45) is 0. The molecular weight excluding hydrogens is 288 g/mol. The van der Waals surface area contributed by atoms with Gasteiger partial charge in [-0.15, -0.1) is 0 Å². The average Bonchev–Trinajstić information content (AvgIpc) is 2.40. The molecule has 0 aliphatic carbocycles. The first-order valence-corrected chi connectivity index (χ1v) is 7.88. The molecule has 0 aliphatic rings. The topological polar surface area (TPSA) is 81.4 Å². The number of methoxy groups -OCH3 is 1. The number of ether oxygens (including phenoxy) is 1. The summed E-state index contributed by atoms with van der Waals surface area (Å²) in [6, 6.07) is 11.9. The van der Waals surface area contributed by atoms with E-state index in [1.807, 2.05) is 13.0 Å². The highest BCUT2D eigenvalue weighted by atomic mass is 32.2. The van der Waals surface area contributed by atoms with Crippen molar-refractivity contribution in [2.24, 2.45) is 0 Å². The van der Waals surface area contributed by atoms with Crippen molar-refractivity contribution in [1.29, 1.82) is 0 Å². The number of sulfonamides is 1.